The highest BCUT2D eigenvalue weighted by Gasteiger charge is 2.39. The van der Waals surface area contributed by atoms with Crippen LogP contribution in [-0.4, -0.2) is 55.6 Å². The lowest BCUT2D eigenvalue weighted by Gasteiger charge is -2.22. The normalized spacial score (nSPS) is 17.0. The van der Waals surface area contributed by atoms with E-state index in [2.05, 4.69) is 15.4 Å². The van der Waals surface area contributed by atoms with Crippen molar-refractivity contribution in [2.75, 3.05) is 24.5 Å². The number of carbonyl (C=O) groups is 1. The molecular formula is C22H27ClN4O4S. The number of phenols is 1. The Bertz CT molecular complexity index is 1090. The minimum atomic E-state index is -3.83. The SMILES string of the molecule is CCN(CC)c1ccc(/C=N\NC(=O)[C@@H]2CCCN2S(=O)(=O)c2ccc(Cl)cc2)c(O)c1. The number of hydrogen-bond donors (Lipinski definition) is 2. The molecule has 10 heteroatoms. The molecular weight excluding hydrogens is 452 g/mol. The quantitative estimate of drug-likeness (QED) is 0.448. The van der Waals surface area contributed by atoms with Crippen LogP contribution in [0.3, 0.4) is 0 Å². The van der Waals surface area contributed by atoms with Crippen LogP contribution in [0.1, 0.15) is 32.3 Å². The number of aromatic hydroxyl groups is 1. The van der Waals surface area contributed by atoms with E-state index in [-0.39, 0.29) is 17.2 Å². The average molecular weight is 479 g/mol. The van der Waals surface area contributed by atoms with Gasteiger partial charge in [0, 0.05) is 42.0 Å². The van der Waals surface area contributed by atoms with Crippen LogP contribution < -0.4 is 10.3 Å². The summed E-state index contributed by atoms with van der Waals surface area (Å²) < 4.78 is 27.1. The standard InChI is InChI=1S/C22H27ClN4O4S/c1-3-26(4-2)18-10-7-16(21(28)14-18)15-24-25-22(29)20-6-5-13-27(20)32(30,31)19-11-8-17(23)9-12-19/h7-12,14-15,20,28H,3-6,13H2,1-2H3,(H,25,29)/b24-15-/t20-/m0/s1. The number of phenolic OH excluding ortho intramolecular Hbond substituents is 1. The van der Waals surface area contributed by atoms with Crippen molar-refractivity contribution in [3.8, 4) is 5.75 Å². The van der Waals surface area contributed by atoms with Crippen molar-refractivity contribution in [2.45, 2.75) is 37.6 Å². The third-order valence-electron chi connectivity index (χ3n) is 5.45. The maximum absolute atomic E-state index is 13.0. The lowest BCUT2D eigenvalue weighted by Crippen LogP contribution is -2.44. The molecule has 1 aliphatic heterocycles. The molecule has 0 saturated carbocycles. The largest absolute Gasteiger partial charge is 0.507 e. The molecule has 0 radical (unpaired) electrons. The second kappa shape index (κ2) is 10.3. The van der Waals surface area contributed by atoms with Gasteiger partial charge in [-0.2, -0.15) is 9.41 Å². The molecule has 1 aliphatic rings. The van der Waals surface area contributed by atoms with Gasteiger partial charge in [-0.25, -0.2) is 13.8 Å². The summed E-state index contributed by atoms with van der Waals surface area (Å²) in [5.74, 6) is -0.476. The molecule has 1 fully saturated rings. The molecule has 2 aromatic carbocycles. The smallest absolute Gasteiger partial charge is 0.258 e. The van der Waals surface area contributed by atoms with E-state index in [0.29, 0.717) is 23.4 Å². The van der Waals surface area contributed by atoms with Crippen molar-refractivity contribution in [2.24, 2.45) is 5.10 Å². The molecule has 0 aliphatic carbocycles. The summed E-state index contributed by atoms with van der Waals surface area (Å²) in [5.41, 5.74) is 3.74. The number of amides is 1. The van der Waals surface area contributed by atoms with Crippen LogP contribution in [0.25, 0.3) is 0 Å². The first-order valence-corrected chi connectivity index (χ1v) is 12.3. The third kappa shape index (κ3) is 5.23. The van der Waals surface area contributed by atoms with Crippen LogP contribution >= 0.6 is 11.6 Å². The van der Waals surface area contributed by atoms with Gasteiger partial charge >= 0.3 is 0 Å². The summed E-state index contributed by atoms with van der Waals surface area (Å²) in [4.78, 5) is 14.8. The van der Waals surface area contributed by atoms with Gasteiger partial charge in [-0.1, -0.05) is 11.6 Å². The van der Waals surface area contributed by atoms with Gasteiger partial charge in [0.25, 0.3) is 5.91 Å². The topological polar surface area (TPSA) is 102 Å². The minimum Gasteiger partial charge on any atom is -0.507 e. The van der Waals surface area contributed by atoms with Crippen molar-refractivity contribution < 1.29 is 18.3 Å². The van der Waals surface area contributed by atoms with Gasteiger partial charge in [0.05, 0.1) is 11.1 Å². The molecule has 1 saturated heterocycles. The number of hydrogen-bond acceptors (Lipinski definition) is 6. The van der Waals surface area contributed by atoms with E-state index in [4.69, 9.17) is 11.6 Å². The second-order valence-electron chi connectivity index (χ2n) is 7.38. The number of carbonyl (C=O) groups excluding carboxylic acids is 1. The molecule has 172 valence electrons. The van der Waals surface area contributed by atoms with E-state index in [9.17, 15) is 18.3 Å². The van der Waals surface area contributed by atoms with Crippen molar-refractivity contribution in [1.82, 2.24) is 9.73 Å². The summed E-state index contributed by atoms with van der Waals surface area (Å²) in [6, 6.07) is 10.2. The predicted octanol–water partition coefficient (Wildman–Crippen LogP) is 3.20. The molecule has 1 heterocycles. The van der Waals surface area contributed by atoms with Crippen LogP contribution in [0.5, 0.6) is 5.75 Å². The van der Waals surface area contributed by atoms with E-state index < -0.39 is 22.0 Å². The lowest BCUT2D eigenvalue weighted by atomic mass is 10.2. The molecule has 0 aromatic heterocycles. The zero-order chi connectivity index (χ0) is 23.3. The van der Waals surface area contributed by atoms with E-state index in [0.717, 1.165) is 18.8 Å². The van der Waals surface area contributed by atoms with Crippen LogP contribution in [-0.2, 0) is 14.8 Å². The van der Waals surface area contributed by atoms with E-state index in [1.54, 1.807) is 12.1 Å². The molecule has 0 bridgehead atoms. The van der Waals surface area contributed by atoms with Gasteiger partial charge in [-0.3, -0.25) is 4.79 Å². The molecule has 8 nitrogen and oxygen atoms in total. The number of sulfonamides is 1. The Balaban J connectivity index is 1.69. The summed E-state index contributed by atoms with van der Waals surface area (Å²) in [5, 5.41) is 14.6. The van der Waals surface area contributed by atoms with Gasteiger partial charge in [0.1, 0.15) is 11.8 Å². The first-order valence-electron chi connectivity index (χ1n) is 10.5. The lowest BCUT2D eigenvalue weighted by molar-refractivity contribution is -0.124. The summed E-state index contributed by atoms with van der Waals surface area (Å²) in [6.45, 7) is 5.95. The van der Waals surface area contributed by atoms with Crippen molar-refractivity contribution in [1.29, 1.82) is 0 Å². The fraction of sp³-hybridized carbons (Fsp3) is 0.364. The molecule has 32 heavy (non-hydrogen) atoms. The Kier molecular flexibility index (Phi) is 7.76. The molecule has 0 unspecified atom stereocenters. The molecule has 2 N–H and O–H groups in total. The molecule has 1 amide bonds. The van der Waals surface area contributed by atoms with Crippen LogP contribution in [0.4, 0.5) is 5.69 Å². The number of halogens is 1. The number of anilines is 1. The summed E-state index contributed by atoms with van der Waals surface area (Å²) in [6.07, 6.45) is 2.31. The third-order valence-corrected chi connectivity index (χ3v) is 7.62. The van der Waals surface area contributed by atoms with Gasteiger partial charge < -0.3 is 10.0 Å². The monoisotopic (exact) mass is 478 g/mol. The number of nitrogens with zero attached hydrogens (tertiary/aromatic N) is 3. The summed E-state index contributed by atoms with van der Waals surface area (Å²) >= 11 is 5.85. The van der Waals surface area contributed by atoms with E-state index >= 15 is 0 Å². The molecule has 2 aromatic rings. The van der Waals surface area contributed by atoms with Crippen LogP contribution in [0.15, 0.2) is 52.5 Å². The Morgan fingerprint density at radius 1 is 1.25 bits per heavy atom. The van der Waals surface area contributed by atoms with Gasteiger partial charge in [0.15, 0.2) is 0 Å². The zero-order valence-electron chi connectivity index (χ0n) is 18.0. The predicted molar refractivity (Wildman–Crippen MR) is 126 cm³/mol. The van der Waals surface area contributed by atoms with Gasteiger partial charge in [0.2, 0.25) is 10.0 Å². The average Bonchev–Trinajstić information content (AvgIpc) is 3.27. The van der Waals surface area contributed by atoms with Crippen molar-refractivity contribution in [3.05, 3.63) is 53.1 Å². The maximum Gasteiger partial charge on any atom is 0.258 e. The van der Waals surface area contributed by atoms with Gasteiger partial charge in [-0.05, 0) is 63.1 Å². The Morgan fingerprint density at radius 2 is 1.94 bits per heavy atom. The number of nitrogens with one attached hydrogen (secondary N) is 1. The Hall–Kier alpha value is -2.62. The van der Waals surface area contributed by atoms with Crippen molar-refractivity contribution in [3.63, 3.8) is 0 Å². The number of hydrazone groups is 1. The van der Waals surface area contributed by atoms with Crippen LogP contribution in [0, 0.1) is 0 Å². The first kappa shape index (κ1) is 24.0. The van der Waals surface area contributed by atoms with E-state index in [1.807, 2.05) is 19.9 Å². The second-order valence-corrected chi connectivity index (χ2v) is 9.70. The summed E-state index contributed by atoms with van der Waals surface area (Å²) in [7, 11) is -3.83. The minimum absolute atomic E-state index is 0.0419. The molecule has 0 spiro atoms. The molecule has 1 atom stereocenters. The highest BCUT2D eigenvalue weighted by atomic mass is 35.5. The highest BCUT2D eigenvalue weighted by molar-refractivity contribution is 7.89. The Morgan fingerprint density at radius 3 is 2.56 bits per heavy atom. The fourth-order valence-electron chi connectivity index (χ4n) is 3.70. The maximum atomic E-state index is 13.0. The number of rotatable bonds is 8. The first-order chi connectivity index (χ1) is 15.3. The zero-order valence-corrected chi connectivity index (χ0v) is 19.6. The van der Waals surface area contributed by atoms with Crippen molar-refractivity contribution >= 4 is 39.4 Å². The highest BCUT2D eigenvalue weighted by Crippen LogP contribution is 2.27. The molecule has 3 rings (SSSR count). The number of benzene rings is 2. The van der Waals surface area contributed by atoms with Crippen LogP contribution in [0.2, 0.25) is 5.02 Å². The Labute approximate surface area is 193 Å². The van der Waals surface area contributed by atoms with E-state index in [1.165, 1.54) is 34.8 Å². The van der Waals surface area contributed by atoms with Gasteiger partial charge in [-0.15, -0.1) is 0 Å². The fourth-order valence-corrected chi connectivity index (χ4v) is 5.48.